The van der Waals surface area contributed by atoms with Crippen molar-refractivity contribution in [1.29, 1.82) is 0 Å². The van der Waals surface area contributed by atoms with Crippen molar-refractivity contribution in [3.05, 3.63) is 33.9 Å². The standard InChI is InChI=1S/C15H21N3O4/c1-10-4-5-13(18(20)21)6-14(10)16-15(19)9-17-7-11(2)22-12(3)8-17/h4-6,11-12H,7-9H2,1-3H3,(H,16,19)/p+1/t11-,12+. The number of rotatable bonds is 4. The van der Waals surface area contributed by atoms with E-state index in [1.54, 1.807) is 6.07 Å². The third-order valence-electron chi connectivity index (χ3n) is 3.73. The lowest BCUT2D eigenvalue weighted by molar-refractivity contribution is -0.907. The predicted molar refractivity (Wildman–Crippen MR) is 82.0 cm³/mol. The Morgan fingerprint density at radius 3 is 2.64 bits per heavy atom. The first-order valence-electron chi connectivity index (χ1n) is 7.39. The molecule has 0 spiro atoms. The number of non-ortho nitro benzene ring substituents is 1. The minimum absolute atomic E-state index is 0.0261. The number of nitrogens with one attached hydrogen (secondary N) is 2. The number of hydrogen-bond acceptors (Lipinski definition) is 4. The van der Waals surface area contributed by atoms with Crippen LogP contribution in [0.4, 0.5) is 11.4 Å². The normalized spacial score (nSPS) is 24.8. The van der Waals surface area contributed by atoms with Crippen molar-refractivity contribution in [3.63, 3.8) is 0 Å². The highest BCUT2D eigenvalue weighted by atomic mass is 16.6. The first-order chi connectivity index (χ1) is 10.3. The number of quaternary nitrogens is 1. The van der Waals surface area contributed by atoms with Gasteiger partial charge in [0.1, 0.15) is 25.3 Å². The van der Waals surface area contributed by atoms with Crippen molar-refractivity contribution in [2.45, 2.75) is 33.0 Å². The number of ether oxygens (including phenoxy) is 1. The maximum atomic E-state index is 12.2. The summed E-state index contributed by atoms with van der Waals surface area (Å²) in [6.45, 7) is 7.71. The number of nitro benzene ring substituents is 1. The van der Waals surface area contributed by atoms with Crippen molar-refractivity contribution in [2.24, 2.45) is 0 Å². The average molecular weight is 308 g/mol. The number of carbonyl (C=O) groups is 1. The molecular formula is C15H22N3O4+. The average Bonchev–Trinajstić information content (AvgIpc) is 2.39. The number of amides is 1. The molecule has 3 atom stereocenters. The molecule has 0 bridgehead atoms. The van der Waals surface area contributed by atoms with Gasteiger partial charge in [0.05, 0.1) is 10.6 Å². The fraction of sp³-hybridized carbons (Fsp3) is 0.533. The van der Waals surface area contributed by atoms with Crippen molar-refractivity contribution >= 4 is 17.3 Å². The third-order valence-corrected chi connectivity index (χ3v) is 3.73. The molecule has 0 aliphatic carbocycles. The second-order valence-corrected chi connectivity index (χ2v) is 5.90. The molecule has 1 heterocycles. The van der Waals surface area contributed by atoms with Gasteiger partial charge in [-0.05, 0) is 26.3 Å². The smallest absolute Gasteiger partial charge is 0.279 e. The molecule has 1 amide bonds. The number of hydrogen-bond donors (Lipinski definition) is 2. The lowest BCUT2D eigenvalue weighted by Gasteiger charge is -2.31. The maximum Gasteiger partial charge on any atom is 0.279 e. The molecule has 1 aliphatic rings. The van der Waals surface area contributed by atoms with Gasteiger partial charge in [0, 0.05) is 12.1 Å². The molecule has 1 aromatic rings. The number of aryl methyl sites for hydroxylation is 1. The van der Waals surface area contributed by atoms with E-state index in [-0.39, 0.29) is 23.8 Å². The Balaban J connectivity index is 2.00. The largest absolute Gasteiger partial charge is 0.364 e. The highest BCUT2D eigenvalue weighted by molar-refractivity contribution is 5.92. The van der Waals surface area contributed by atoms with E-state index >= 15 is 0 Å². The number of anilines is 1. The highest BCUT2D eigenvalue weighted by Crippen LogP contribution is 2.21. The molecule has 1 aliphatic heterocycles. The molecule has 22 heavy (non-hydrogen) atoms. The third kappa shape index (κ3) is 4.25. The highest BCUT2D eigenvalue weighted by Gasteiger charge is 2.27. The Morgan fingerprint density at radius 1 is 1.41 bits per heavy atom. The first-order valence-corrected chi connectivity index (χ1v) is 7.39. The summed E-state index contributed by atoms with van der Waals surface area (Å²) in [5, 5.41) is 13.6. The summed E-state index contributed by atoms with van der Waals surface area (Å²) < 4.78 is 5.65. The molecule has 7 heteroatoms. The van der Waals surface area contributed by atoms with Gasteiger partial charge in [0.25, 0.3) is 11.6 Å². The van der Waals surface area contributed by atoms with Gasteiger partial charge in [-0.2, -0.15) is 0 Å². The Hall–Kier alpha value is -1.99. The molecule has 1 saturated heterocycles. The molecular weight excluding hydrogens is 286 g/mol. The van der Waals surface area contributed by atoms with Gasteiger partial charge in [-0.3, -0.25) is 14.9 Å². The number of benzene rings is 1. The molecule has 0 radical (unpaired) electrons. The molecule has 120 valence electrons. The molecule has 2 N–H and O–H groups in total. The Kier molecular flexibility index (Phi) is 5.10. The topological polar surface area (TPSA) is 85.9 Å². The van der Waals surface area contributed by atoms with Crippen LogP contribution in [-0.2, 0) is 9.53 Å². The second kappa shape index (κ2) is 6.85. The lowest BCUT2D eigenvalue weighted by atomic mass is 10.1. The number of nitro groups is 1. The van der Waals surface area contributed by atoms with Crippen LogP contribution in [0.3, 0.4) is 0 Å². The zero-order valence-corrected chi connectivity index (χ0v) is 13.1. The Bertz CT molecular complexity index is 566. The quantitative estimate of drug-likeness (QED) is 0.628. The van der Waals surface area contributed by atoms with Gasteiger partial charge < -0.3 is 15.0 Å². The summed E-state index contributed by atoms with van der Waals surface area (Å²) in [6.07, 6.45) is 0.261. The minimum atomic E-state index is -0.467. The zero-order chi connectivity index (χ0) is 16.3. The summed E-state index contributed by atoms with van der Waals surface area (Å²) in [6, 6.07) is 4.47. The zero-order valence-electron chi connectivity index (χ0n) is 13.1. The fourth-order valence-electron chi connectivity index (χ4n) is 2.81. The van der Waals surface area contributed by atoms with Crippen LogP contribution >= 0.6 is 0 Å². The van der Waals surface area contributed by atoms with Crippen LogP contribution in [0.2, 0.25) is 0 Å². The summed E-state index contributed by atoms with van der Waals surface area (Å²) in [5.41, 5.74) is 1.27. The number of nitrogens with zero attached hydrogens (tertiary/aromatic N) is 1. The lowest BCUT2D eigenvalue weighted by Crippen LogP contribution is -3.16. The fourth-order valence-corrected chi connectivity index (χ4v) is 2.81. The Labute approximate surface area is 129 Å². The monoisotopic (exact) mass is 308 g/mol. The van der Waals surface area contributed by atoms with Crippen LogP contribution in [0, 0.1) is 17.0 Å². The summed E-state index contributed by atoms with van der Waals surface area (Å²) in [5.74, 6) is -0.139. The molecule has 1 aromatic carbocycles. The van der Waals surface area contributed by atoms with Gasteiger partial charge in [-0.1, -0.05) is 6.07 Å². The van der Waals surface area contributed by atoms with Crippen molar-refractivity contribution in [2.75, 3.05) is 25.0 Å². The van der Waals surface area contributed by atoms with Crippen molar-refractivity contribution < 1.29 is 19.4 Å². The van der Waals surface area contributed by atoms with E-state index in [4.69, 9.17) is 4.74 Å². The SMILES string of the molecule is Cc1ccc([N+](=O)[O-])cc1NC(=O)C[NH+]1C[C@@H](C)O[C@@H](C)C1. The summed E-state index contributed by atoms with van der Waals surface area (Å²) in [7, 11) is 0. The molecule has 2 rings (SSSR count). The Morgan fingerprint density at radius 2 is 2.05 bits per heavy atom. The van der Waals surface area contributed by atoms with Crippen LogP contribution in [0.25, 0.3) is 0 Å². The second-order valence-electron chi connectivity index (χ2n) is 5.90. The van der Waals surface area contributed by atoms with Crippen LogP contribution in [-0.4, -0.2) is 42.7 Å². The van der Waals surface area contributed by atoms with Gasteiger partial charge in [0.15, 0.2) is 6.54 Å². The van der Waals surface area contributed by atoms with Crippen molar-refractivity contribution in [1.82, 2.24) is 0 Å². The first kappa shape index (κ1) is 16.4. The molecule has 1 fully saturated rings. The van der Waals surface area contributed by atoms with Gasteiger partial charge in [0.2, 0.25) is 0 Å². The van der Waals surface area contributed by atoms with E-state index in [1.165, 1.54) is 12.1 Å². The van der Waals surface area contributed by atoms with E-state index < -0.39 is 4.92 Å². The van der Waals surface area contributed by atoms with E-state index in [2.05, 4.69) is 5.32 Å². The summed E-state index contributed by atoms with van der Waals surface area (Å²) in [4.78, 5) is 23.7. The predicted octanol–water partition coefficient (Wildman–Crippen LogP) is 0.534. The van der Waals surface area contributed by atoms with Gasteiger partial charge >= 0.3 is 0 Å². The van der Waals surface area contributed by atoms with Crippen molar-refractivity contribution in [3.8, 4) is 0 Å². The van der Waals surface area contributed by atoms with E-state index in [9.17, 15) is 14.9 Å². The minimum Gasteiger partial charge on any atom is -0.364 e. The van der Waals surface area contributed by atoms with E-state index in [1.807, 2.05) is 20.8 Å². The van der Waals surface area contributed by atoms with Gasteiger partial charge in [-0.25, -0.2) is 0 Å². The van der Waals surface area contributed by atoms with Gasteiger partial charge in [-0.15, -0.1) is 0 Å². The molecule has 0 aromatic heterocycles. The summed E-state index contributed by atoms with van der Waals surface area (Å²) >= 11 is 0. The van der Waals surface area contributed by atoms with Crippen LogP contribution in [0.15, 0.2) is 18.2 Å². The number of carbonyl (C=O) groups excluding carboxylic acids is 1. The van der Waals surface area contributed by atoms with Crippen LogP contribution in [0.1, 0.15) is 19.4 Å². The molecule has 0 saturated carbocycles. The van der Waals surface area contributed by atoms with Crippen LogP contribution in [0.5, 0.6) is 0 Å². The molecule has 1 unspecified atom stereocenters. The number of morpholine rings is 1. The van der Waals surface area contributed by atoms with E-state index in [0.717, 1.165) is 23.6 Å². The molecule has 7 nitrogen and oxygen atoms in total. The van der Waals surface area contributed by atoms with Crippen LogP contribution < -0.4 is 10.2 Å². The van der Waals surface area contributed by atoms with E-state index in [0.29, 0.717) is 12.2 Å². The maximum absolute atomic E-state index is 12.2.